The van der Waals surface area contributed by atoms with E-state index in [4.69, 9.17) is 0 Å². The lowest BCUT2D eigenvalue weighted by Crippen LogP contribution is -2.43. The Labute approximate surface area is 159 Å². The second kappa shape index (κ2) is 7.17. The number of thiazole rings is 1. The maximum atomic E-state index is 12.7. The van der Waals surface area contributed by atoms with Crippen LogP contribution in [0.2, 0.25) is 0 Å². The molecule has 4 rings (SSSR count). The van der Waals surface area contributed by atoms with Gasteiger partial charge < -0.3 is 10.2 Å². The Balaban J connectivity index is 1.45. The number of likely N-dealkylation sites (tertiary alicyclic amines) is 1. The highest BCUT2D eigenvalue weighted by Gasteiger charge is 2.29. The predicted molar refractivity (Wildman–Crippen MR) is 106 cm³/mol. The molecule has 0 radical (unpaired) electrons. The third-order valence-corrected chi connectivity index (χ3v) is 6.46. The molecule has 3 aromatic rings. The van der Waals surface area contributed by atoms with Gasteiger partial charge in [-0.25, -0.2) is 4.98 Å². The summed E-state index contributed by atoms with van der Waals surface area (Å²) in [4.78, 5) is 32.3. The molecule has 134 valence electrons. The molecule has 2 amide bonds. The Morgan fingerprint density at radius 3 is 2.92 bits per heavy atom. The van der Waals surface area contributed by atoms with E-state index in [0.717, 1.165) is 33.5 Å². The van der Waals surface area contributed by atoms with Gasteiger partial charge in [0.25, 0.3) is 5.91 Å². The van der Waals surface area contributed by atoms with Crippen LogP contribution in [0.4, 0.5) is 5.13 Å². The van der Waals surface area contributed by atoms with Crippen molar-refractivity contribution in [3.05, 3.63) is 46.2 Å². The number of nitrogens with one attached hydrogen (secondary N) is 1. The minimum atomic E-state index is -0.194. The fourth-order valence-electron chi connectivity index (χ4n) is 3.28. The van der Waals surface area contributed by atoms with Gasteiger partial charge in [0, 0.05) is 13.1 Å². The average molecular weight is 386 g/mol. The van der Waals surface area contributed by atoms with Crippen molar-refractivity contribution in [2.75, 3.05) is 18.4 Å². The van der Waals surface area contributed by atoms with E-state index in [2.05, 4.69) is 10.3 Å². The lowest BCUT2D eigenvalue weighted by molar-refractivity contribution is -0.121. The fraction of sp³-hybridized carbons (Fsp3) is 0.316. The van der Waals surface area contributed by atoms with Crippen LogP contribution >= 0.6 is 22.7 Å². The van der Waals surface area contributed by atoms with E-state index in [9.17, 15) is 9.59 Å². The largest absolute Gasteiger partial charge is 0.337 e. The molecule has 2 aromatic heterocycles. The summed E-state index contributed by atoms with van der Waals surface area (Å²) in [6.45, 7) is 3.19. The summed E-state index contributed by atoms with van der Waals surface area (Å²) >= 11 is 2.93. The predicted octanol–water partition coefficient (Wildman–Crippen LogP) is 4.16. The molecule has 1 fully saturated rings. The molecule has 5 nitrogen and oxygen atoms in total. The molecule has 3 heterocycles. The number of nitrogens with zero attached hydrogens (tertiary/aromatic N) is 2. The van der Waals surface area contributed by atoms with Gasteiger partial charge in [-0.3, -0.25) is 9.59 Å². The fourth-order valence-corrected chi connectivity index (χ4v) is 4.92. The quantitative estimate of drug-likeness (QED) is 0.736. The Bertz CT molecular complexity index is 949. The first-order valence-corrected chi connectivity index (χ1v) is 10.3. The van der Waals surface area contributed by atoms with Gasteiger partial charge >= 0.3 is 0 Å². The molecule has 1 aliphatic heterocycles. The Kier molecular flexibility index (Phi) is 4.74. The number of rotatable bonds is 3. The summed E-state index contributed by atoms with van der Waals surface area (Å²) < 4.78 is 1.07. The van der Waals surface area contributed by atoms with Gasteiger partial charge in [-0.2, -0.15) is 0 Å². The molecule has 0 bridgehead atoms. The Hall–Kier alpha value is -2.25. The lowest BCUT2D eigenvalue weighted by Gasteiger charge is -2.31. The van der Waals surface area contributed by atoms with E-state index in [1.54, 1.807) is 4.90 Å². The summed E-state index contributed by atoms with van der Waals surface area (Å²) in [5.74, 6) is -0.223. The minimum Gasteiger partial charge on any atom is -0.337 e. The summed E-state index contributed by atoms with van der Waals surface area (Å²) in [5.41, 5.74) is 2.04. The first-order valence-electron chi connectivity index (χ1n) is 8.61. The number of piperidine rings is 1. The number of amides is 2. The van der Waals surface area contributed by atoms with Gasteiger partial charge in [-0.05, 0) is 42.8 Å². The number of fused-ring (bicyclic) bond motifs is 1. The first-order chi connectivity index (χ1) is 12.6. The number of aryl methyl sites for hydroxylation is 1. The molecule has 1 N–H and O–H groups in total. The van der Waals surface area contributed by atoms with Crippen LogP contribution < -0.4 is 5.32 Å². The zero-order valence-corrected chi connectivity index (χ0v) is 16.0. The van der Waals surface area contributed by atoms with Crippen LogP contribution in [0.25, 0.3) is 10.2 Å². The van der Waals surface area contributed by atoms with Crippen molar-refractivity contribution in [3.8, 4) is 0 Å². The SMILES string of the molecule is Cc1cccc2sc(NC(=O)C3CCCN(C(=O)c4cccs4)C3)nc12. The number of para-hydroxylation sites is 1. The smallest absolute Gasteiger partial charge is 0.263 e. The molecule has 1 aliphatic rings. The van der Waals surface area contributed by atoms with Gasteiger partial charge in [0.15, 0.2) is 5.13 Å². The molecule has 0 saturated carbocycles. The second-order valence-corrected chi connectivity index (χ2v) is 8.48. The molecular formula is C19H19N3O2S2. The number of thiophene rings is 1. The molecule has 26 heavy (non-hydrogen) atoms. The number of benzene rings is 1. The van der Waals surface area contributed by atoms with Gasteiger partial charge in [0.1, 0.15) is 0 Å². The third kappa shape index (κ3) is 3.37. The van der Waals surface area contributed by atoms with Crippen LogP contribution in [-0.2, 0) is 4.79 Å². The van der Waals surface area contributed by atoms with Crippen molar-refractivity contribution in [3.63, 3.8) is 0 Å². The van der Waals surface area contributed by atoms with Crippen molar-refractivity contribution in [1.29, 1.82) is 0 Å². The van der Waals surface area contributed by atoms with E-state index < -0.39 is 0 Å². The molecule has 1 saturated heterocycles. The topological polar surface area (TPSA) is 62.3 Å². The zero-order chi connectivity index (χ0) is 18.1. The minimum absolute atomic E-state index is 0.0214. The van der Waals surface area contributed by atoms with Gasteiger partial charge in [-0.1, -0.05) is 29.5 Å². The number of hydrogen-bond acceptors (Lipinski definition) is 5. The standard InChI is InChI=1S/C19H19N3O2S2/c1-12-5-2-7-14-16(12)20-19(26-14)21-17(23)13-6-3-9-22(11-13)18(24)15-8-4-10-25-15/h2,4-5,7-8,10,13H,3,6,9,11H2,1H3,(H,20,21,23). The molecule has 7 heteroatoms. The lowest BCUT2D eigenvalue weighted by atomic mass is 9.97. The highest BCUT2D eigenvalue weighted by atomic mass is 32.1. The Morgan fingerprint density at radius 1 is 1.27 bits per heavy atom. The van der Waals surface area contributed by atoms with Crippen molar-refractivity contribution in [2.45, 2.75) is 19.8 Å². The van der Waals surface area contributed by atoms with Crippen molar-refractivity contribution < 1.29 is 9.59 Å². The highest BCUT2D eigenvalue weighted by Crippen LogP contribution is 2.29. The van der Waals surface area contributed by atoms with Crippen molar-refractivity contribution >= 4 is 49.8 Å². The number of hydrogen-bond donors (Lipinski definition) is 1. The number of carbonyl (C=O) groups excluding carboxylic acids is 2. The second-order valence-electron chi connectivity index (χ2n) is 6.50. The van der Waals surface area contributed by atoms with Crippen LogP contribution in [0.3, 0.4) is 0 Å². The molecule has 1 aromatic carbocycles. The van der Waals surface area contributed by atoms with E-state index in [1.165, 1.54) is 22.7 Å². The van der Waals surface area contributed by atoms with E-state index >= 15 is 0 Å². The zero-order valence-electron chi connectivity index (χ0n) is 14.4. The van der Waals surface area contributed by atoms with Gasteiger partial charge in [0.05, 0.1) is 21.0 Å². The summed E-state index contributed by atoms with van der Waals surface area (Å²) in [6, 6.07) is 9.73. The van der Waals surface area contributed by atoms with E-state index in [-0.39, 0.29) is 17.7 Å². The van der Waals surface area contributed by atoms with Crippen LogP contribution in [0.1, 0.15) is 28.1 Å². The van der Waals surface area contributed by atoms with E-state index in [1.807, 2.05) is 42.6 Å². The molecule has 1 unspecified atom stereocenters. The summed E-state index contributed by atoms with van der Waals surface area (Å²) in [5, 5.41) is 5.48. The monoisotopic (exact) mass is 385 g/mol. The molecule has 0 aliphatic carbocycles. The first kappa shape index (κ1) is 17.2. The van der Waals surface area contributed by atoms with Gasteiger partial charge in [-0.15, -0.1) is 11.3 Å². The summed E-state index contributed by atoms with van der Waals surface area (Å²) in [6.07, 6.45) is 1.64. The maximum absolute atomic E-state index is 12.7. The van der Waals surface area contributed by atoms with Crippen LogP contribution in [0.15, 0.2) is 35.7 Å². The number of anilines is 1. The number of carbonyl (C=O) groups is 2. The normalized spacial score (nSPS) is 17.4. The third-order valence-electron chi connectivity index (χ3n) is 4.66. The average Bonchev–Trinajstić information content (AvgIpc) is 3.31. The van der Waals surface area contributed by atoms with Gasteiger partial charge in [0.2, 0.25) is 5.91 Å². The van der Waals surface area contributed by atoms with Crippen LogP contribution in [-0.4, -0.2) is 34.8 Å². The van der Waals surface area contributed by atoms with Crippen LogP contribution in [0.5, 0.6) is 0 Å². The number of aromatic nitrogens is 1. The molecule has 1 atom stereocenters. The van der Waals surface area contributed by atoms with E-state index in [0.29, 0.717) is 18.2 Å². The Morgan fingerprint density at radius 2 is 2.15 bits per heavy atom. The van der Waals surface area contributed by atoms with Crippen LogP contribution in [0, 0.1) is 12.8 Å². The van der Waals surface area contributed by atoms with Crippen molar-refractivity contribution in [2.24, 2.45) is 5.92 Å². The highest BCUT2D eigenvalue weighted by molar-refractivity contribution is 7.22. The summed E-state index contributed by atoms with van der Waals surface area (Å²) in [7, 11) is 0. The maximum Gasteiger partial charge on any atom is 0.263 e. The molecule has 0 spiro atoms. The molecular weight excluding hydrogens is 366 g/mol. The van der Waals surface area contributed by atoms with Crippen molar-refractivity contribution in [1.82, 2.24) is 9.88 Å².